The Kier molecular flexibility index (Phi) is 6.69. The quantitative estimate of drug-likeness (QED) is 0.487. The highest BCUT2D eigenvalue weighted by molar-refractivity contribution is 6.16. The number of allylic oxidation sites excluding steroid dienone is 1. The number of aromatic nitrogens is 1. The summed E-state index contributed by atoms with van der Waals surface area (Å²) in [6.07, 6.45) is 5.68. The highest BCUT2D eigenvalue weighted by Gasteiger charge is 2.29. The number of likely N-dealkylation sites (tertiary alicyclic amines) is 1. The van der Waals surface area contributed by atoms with Crippen molar-refractivity contribution in [1.29, 1.82) is 0 Å². The lowest BCUT2D eigenvalue weighted by Crippen LogP contribution is -2.32. The van der Waals surface area contributed by atoms with Crippen molar-refractivity contribution in [3.63, 3.8) is 0 Å². The number of urea groups is 1. The number of fused-ring (bicyclic) bond motifs is 2. The van der Waals surface area contributed by atoms with E-state index in [4.69, 9.17) is 9.47 Å². The van der Waals surface area contributed by atoms with Crippen LogP contribution in [0.3, 0.4) is 0 Å². The second-order valence-corrected chi connectivity index (χ2v) is 9.29. The number of hydrogen-bond acceptors (Lipinski definition) is 5. The molecular weight excluding hydrogens is 456 g/mol. The molecule has 0 saturated carbocycles. The van der Waals surface area contributed by atoms with E-state index in [1.807, 2.05) is 18.2 Å². The summed E-state index contributed by atoms with van der Waals surface area (Å²) >= 11 is 0. The number of piperidine rings is 1. The number of methoxy groups -OCH3 is 1. The monoisotopic (exact) mass is 488 g/mol. The summed E-state index contributed by atoms with van der Waals surface area (Å²) in [4.78, 5) is 27.5. The highest BCUT2D eigenvalue weighted by Crippen LogP contribution is 2.36. The van der Waals surface area contributed by atoms with Gasteiger partial charge >= 0.3 is 6.03 Å². The number of rotatable bonds is 6. The van der Waals surface area contributed by atoms with Crippen molar-refractivity contribution in [3.05, 3.63) is 59.0 Å². The number of anilines is 1. The van der Waals surface area contributed by atoms with Gasteiger partial charge in [-0.1, -0.05) is 6.42 Å². The standard InChI is InChI=1S/C28H32N4O4/c1-18-21(17-26-27(33)23-15-19(30-28(34)29-2)7-10-25(23)36-26)22-16-20(35-3)8-9-24(22)32(18)14-13-31-11-5-4-6-12-31/h7-10,15-17H,4-6,11-14H2,1-3H3,(H2,29,30,34)/b26-17-. The molecule has 8 heteroatoms. The maximum Gasteiger partial charge on any atom is 0.318 e. The number of amides is 2. The molecule has 1 aromatic heterocycles. The molecule has 3 heterocycles. The van der Waals surface area contributed by atoms with E-state index < -0.39 is 0 Å². The number of Topliss-reactive ketones (excluding diaryl/α,β-unsaturated/α-hetero) is 1. The third-order valence-electron chi connectivity index (χ3n) is 7.10. The van der Waals surface area contributed by atoms with Gasteiger partial charge in [0.15, 0.2) is 5.76 Å². The Hall–Kier alpha value is -3.78. The van der Waals surface area contributed by atoms with E-state index in [-0.39, 0.29) is 17.6 Å². The van der Waals surface area contributed by atoms with E-state index in [0.717, 1.165) is 54.1 Å². The normalized spacial score (nSPS) is 16.8. The van der Waals surface area contributed by atoms with Crippen LogP contribution in [0.4, 0.5) is 10.5 Å². The van der Waals surface area contributed by atoms with Crippen molar-refractivity contribution in [2.24, 2.45) is 0 Å². The summed E-state index contributed by atoms with van der Waals surface area (Å²) in [6, 6.07) is 10.8. The first-order valence-corrected chi connectivity index (χ1v) is 12.4. The summed E-state index contributed by atoms with van der Waals surface area (Å²) in [7, 11) is 3.20. The molecule has 2 aromatic carbocycles. The fourth-order valence-corrected chi connectivity index (χ4v) is 5.10. The third kappa shape index (κ3) is 4.56. The minimum absolute atomic E-state index is 0.206. The van der Waals surface area contributed by atoms with Crippen molar-refractivity contribution < 1.29 is 19.1 Å². The Balaban J connectivity index is 1.49. The second-order valence-electron chi connectivity index (χ2n) is 9.29. The number of hydrogen-bond donors (Lipinski definition) is 2. The minimum atomic E-state index is -0.348. The summed E-state index contributed by atoms with van der Waals surface area (Å²) in [6.45, 7) is 6.27. The van der Waals surface area contributed by atoms with Crippen LogP contribution in [0.5, 0.6) is 11.5 Å². The van der Waals surface area contributed by atoms with E-state index in [1.165, 1.54) is 26.3 Å². The summed E-state index contributed by atoms with van der Waals surface area (Å²) in [5, 5.41) is 6.23. The molecule has 0 bridgehead atoms. The number of benzene rings is 2. The van der Waals surface area contributed by atoms with Crippen LogP contribution in [0.2, 0.25) is 0 Å². The van der Waals surface area contributed by atoms with Gasteiger partial charge in [0.2, 0.25) is 5.78 Å². The molecule has 5 rings (SSSR count). The molecule has 2 aliphatic heterocycles. The molecule has 2 amide bonds. The lowest BCUT2D eigenvalue weighted by molar-refractivity contribution is 0.101. The van der Waals surface area contributed by atoms with Crippen molar-refractivity contribution >= 4 is 34.5 Å². The van der Waals surface area contributed by atoms with Gasteiger partial charge < -0.3 is 29.6 Å². The Bertz CT molecular complexity index is 1350. The molecule has 0 radical (unpaired) electrons. The first-order valence-electron chi connectivity index (χ1n) is 12.4. The van der Waals surface area contributed by atoms with Gasteiger partial charge in [-0.3, -0.25) is 4.79 Å². The van der Waals surface area contributed by atoms with Crippen LogP contribution in [0.25, 0.3) is 17.0 Å². The average Bonchev–Trinajstić information content (AvgIpc) is 3.35. The van der Waals surface area contributed by atoms with Crippen LogP contribution in [0, 0.1) is 6.92 Å². The van der Waals surface area contributed by atoms with Crippen LogP contribution in [0.1, 0.15) is 40.9 Å². The van der Waals surface area contributed by atoms with Gasteiger partial charge in [0.05, 0.1) is 12.7 Å². The van der Waals surface area contributed by atoms with Crippen LogP contribution in [-0.4, -0.2) is 55.1 Å². The van der Waals surface area contributed by atoms with Crippen LogP contribution in [0.15, 0.2) is 42.2 Å². The maximum absolute atomic E-state index is 13.3. The van der Waals surface area contributed by atoms with Crippen LogP contribution >= 0.6 is 0 Å². The first kappa shape index (κ1) is 23.9. The average molecular weight is 489 g/mol. The van der Waals surface area contributed by atoms with Crippen molar-refractivity contribution in [2.45, 2.75) is 32.7 Å². The van der Waals surface area contributed by atoms with Crippen LogP contribution < -0.4 is 20.1 Å². The Labute approximate surface area is 210 Å². The zero-order valence-electron chi connectivity index (χ0n) is 21.0. The van der Waals surface area contributed by atoms with Gasteiger partial charge in [0.25, 0.3) is 0 Å². The smallest absolute Gasteiger partial charge is 0.318 e. The van der Waals surface area contributed by atoms with Crippen LogP contribution in [-0.2, 0) is 6.54 Å². The van der Waals surface area contributed by atoms with Gasteiger partial charge in [-0.2, -0.15) is 0 Å². The molecule has 36 heavy (non-hydrogen) atoms. The molecule has 3 aromatic rings. The predicted molar refractivity (Wildman–Crippen MR) is 141 cm³/mol. The van der Waals surface area contributed by atoms with E-state index in [2.05, 4.69) is 33.1 Å². The Morgan fingerprint density at radius 3 is 2.67 bits per heavy atom. The molecule has 0 atom stereocenters. The fourth-order valence-electron chi connectivity index (χ4n) is 5.10. The number of ether oxygens (including phenoxy) is 2. The van der Waals surface area contributed by atoms with Gasteiger partial charge in [-0.05, 0) is 75.3 Å². The fraction of sp³-hybridized carbons (Fsp3) is 0.357. The highest BCUT2D eigenvalue weighted by atomic mass is 16.5. The molecule has 0 unspecified atom stereocenters. The SMILES string of the molecule is CNC(=O)Nc1ccc2c(c1)C(=O)/C(=C/c1c(C)n(CCN3CCCCC3)c3ccc(OC)cc13)O2. The molecule has 2 aliphatic rings. The number of nitrogens with zero attached hydrogens (tertiary/aromatic N) is 2. The van der Waals surface area contributed by atoms with Gasteiger partial charge in [0.1, 0.15) is 11.5 Å². The lowest BCUT2D eigenvalue weighted by atomic mass is 10.1. The molecular formula is C28H32N4O4. The zero-order valence-corrected chi connectivity index (χ0v) is 21.0. The van der Waals surface area contributed by atoms with Gasteiger partial charge in [-0.25, -0.2) is 4.79 Å². The number of ketones is 1. The molecule has 188 valence electrons. The van der Waals surface area contributed by atoms with E-state index in [9.17, 15) is 9.59 Å². The molecule has 0 spiro atoms. The zero-order chi connectivity index (χ0) is 25.2. The van der Waals surface area contributed by atoms with E-state index >= 15 is 0 Å². The Morgan fingerprint density at radius 1 is 1.11 bits per heavy atom. The van der Waals surface area contributed by atoms with Gasteiger partial charge in [-0.15, -0.1) is 0 Å². The largest absolute Gasteiger partial charge is 0.497 e. The van der Waals surface area contributed by atoms with Crippen molar-refractivity contribution in [3.8, 4) is 11.5 Å². The summed E-state index contributed by atoms with van der Waals surface area (Å²) < 4.78 is 13.8. The third-order valence-corrected chi connectivity index (χ3v) is 7.10. The molecule has 8 nitrogen and oxygen atoms in total. The Morgan fingerprint density at radius 2 is 1.92 bits per heavy atom. The molecule has 0 aliphatic carbocycles. The first-order chi connectivity index (χ1) is 17.5. The summed E-state index contributed by atoms with van der Waals surface area (Å²) in [5.41, 5.74) is 4.09. The summed E-state index contributed by atoms with van der Waals surface area (Å²) in [5.74, 6) is 1.31. The lowest BCUT2D eigenvalue weighted by Gasteiger charge is -2.26. The van der Waals surface area contributed by atoms with Crippen molar-refractivity contribution in [1.82, 2.24) is 14.8 Å². The molecule has 1 saturated heterocycles. The number of nitrogens with one attached hydrogen (secondary N) is 2. The topological polar surface area (TPSA) is 84.8 Å². The molecule has 1 fully saturated rings. The minimum Gasteiger partial charge on any atom is -0.497 e. The maximum atomic E-state index is 13.3. The van der Waals surface area contributed by atoms with E-state index in [0.29, 0.717) is 17.0 Å². The van der Waals surface area contributed by atoms with Crippen molar-refractivity contribution in [2.75, 3.05) is 39.1 Å². The van der Waals surface area contributed by atoms with E-state index in [1.54, 1.807) is 25.3 Å². The second kappa shape index (κ2) is 10.1. The molecule has 2 N–H and O–H groups in total. The predicted octanol–water partition coefficient (Wildman–Crippen LogP) is 4.81. The number of carbonyl (C=O) groups is 2. The number of carbonyl (C=O) groups excluding carboxylic acids is 2. The van der Waals surface area contributed by atoms with Gasteiger partial charge in [0, 0.05) is 48.0 Å².